The first-order valence-corrected chi connectivity index (χ1v) is 3.51. The van der Waals surface area contributed by atoms with E-state index in [4.69, 9.17) is 10.8 Å². The fraction of sp³-hybridized carbons (Fsp3) is 0.600. The second kappa shape index (κ2) is 4.20. The van der Waals surface area contributed by atoms with E-state index in [9.17, 15) is 9.59 Å². The van der Waals surface area contributed by atoms with E-state index in [0.29, 0.717) is 4.90 Å². The zero-order chi connectivity index (χ0) is 9.02. The summed E-state index contributed by atoms with van der Waals surface area (Å²) >= 11 is 3.75. The number of carbonyl (C=O) groups excluding carboxylic acids is 1. The van der Waals surface area contributed by atoms with Crippen LogP contribution in [0.25, 0.3) is 0 Å². The molecule has 11 heavy (non-hydrogen) atoms. The molecule has 3 N–H and O–H groups in total. The molecule has 0 aromatic heterocycles. The maximum absolute atomic E-state index is 10.9. The summed E-state index contributed by atoms with van der Waals surface area (Å²) in [6, 6.07) is -0.848. The lowest BCUT2D eigenvalue weighted by Gasteiger charge is -2.14. The van der Waals surface area contributed by atoms with Crippen LogP contribution in [-0.4, -0.2) is 40.8 Å². The molecule has 0 unspecified atom stereocenters. The summed E-state index contributed by atoms with van der Waals surface area (Å²) in [7, 11) is 1.15. The van der Waals surface area contributed by atoms with Crippen LogP contribution in [0.1, 0.15) is 0 Å². The maximum atomic E-state index is 10.9. The summed E-state index contributed by atoms with van der Waals surface area (Å²) in [4.78, 5) is 21.6. The van der Waals surface area contributed by atoms with Gasteiger partial charge in [-0.05, 0) is 0 Å². The van der Waals surface area contributed by atoms with Crippen LogP contribution in [0, 0.1) is 0 Å². The predicted octanol–water partition coefficient (Wildman–Crippen LogP) is -0.620. The van der Waals surface area contributed by atoms with Crippen molar-refractivity contribution in [3.8, 4) is 0 Å². The van der Waals surface area contributed by atoms with Crippen molar-refractivity contribution in [1.82, 2.24) is 4.90 Å². The molecule has 64 valence electrons. The van der Waals surface area contributed by atoms with E-state index in [2.05, 4.69) is 12.6 Å². The van der Waals surface area contributed by atoms with Crippen LogP contribution < -0.4 is 5.73 Å². The normalized spacial score (nSPS) is 12.3. The Kier molecular flexibility index (Phi) is 3.91. The van der Waals surface area contributed by atoms with Gasteiger partial charge in [0, 0.05) is 12.8 Å². The minimum Gasteiger partial charge on any atom is -0.465 e. The van der Waals surface area contributed by atoms with Crippen LogP contribution in [-0.2, 0) is 4.79 Å². The Balaban J connectivity index is 4.13. The molecule has 0 aromatic carbocycles. The van der Waals surface area contributed by atoms with Gasteiger partial charge in [0.15, 0.2) is 0 Å². The number of hydrogen-bond donors (Lipinski definition) is 3. The topological polar surface area (TPSA) is 83.6 Å². The number of likely N-dealkylation sites (N-methyl/N-ethyl adjacent to an activating group) is 1. The Bertz CT molecular complexity index is 173. The molecule has 0 aromatic rings. The SMILES string of the molecule is CN(C(=O)O)C(=O)[C@@H](N)CS. The first-order valence-electron chi connectivity index (χ1n) is 2.87. The molecule has 1 atom stereocenters. The molecule has 0 aliphatic carbocycles. The molecule has 0 spiro atoms. The third kappa shape index (κ3) is 2.77. The van der Waals surface area contributed by atoms with Gasteiger partial charge < -0.3 is 10.8 Å². The van der Waals surface area contributed by atoms with Crippen LogP contribution >= 0.6 is 12.6 Å². The standard InChI is InChI=1S/C5H10N2O3S/c1-7(5(9)10)4(8)3(6)2-11/h3,11H,2,6H2,1H3,(H,9,10)/t3-/m0/s1. The Morgan fingerprint density at radius 1 is 1.73 bits per heavy atom. The highest BCUT2D eigenvalue weighted by Crippen LogP contribution is 1.92. The molecule has 0 heterocycles. The summed E-state index contributed by atoms with van der Waals surface area (Å²) in [6.07, 6.45) is -1.31. The minimum atomic E-state index is -1.31. The van der Waals surface area contributed by atoms with Gasteiger partial charge in [-0.25, -0.2) is 9.69 Å². The number of hydrogen-bond acceptors (Lipinski definition) is 4. The highest BCUT2D eigenvalue weighted by Gasteiger charge is 2.20. The Morgan fingerprint density at radius 2 is 2.18 bits per heavy atom. The third-order valence-corrected chi connectivity index (χ3v) is 1.52. The van der Waals surface area contributed by atoms with Crippen molar-refractivity contribution >= 4 is 24.6 Å². The Labute approximate surface area is 69.6 Å². The van der Waals surface area contributed by atoms with Crippen molar-refractivity contribution in [1.29, 1.82) is 0 Å². The second-order valence-electron chi connectivity index (χ2n) is 1.97. The van der Waals surface area contributed by atoms with Crippen molar-refractivity contribution in [2.45, 2.75) is 6.04 Å². The minimum absolute atomic E-state index is 0.135. The van der Waals surface area contributed by atoms with Gasteiger partial charge in [-0.15, -0.1) is 0 Å². The van der Waals surface area contributed by atoms with Crippen LogP contribution in [0.15, 0.2) is 0 Å². The number of thiol groups is 1. The van der Waals surface area contributed by atoms with Gasteiger partial charge in [-0.3, -0.25) is 4.79 Å². The zero-order valence-corrected chi connectivity index (χ0v) is 6.91. The summed E-state index contributed by atoms with van der Waals surface area (Å²) < 4.78 is 0. The molecule has 0 aliphatic rings. The average Bonchev–Trinajstić information content (AvgIpc) is 2.00. The summed E-state index contributed by atoms with van der Waals surface area (Å²) in [5.41, 5.74) is 5.22. The fourth-order valence-corrected chi connectivity index (χ4v) is 0.577. The Morgan fingerprint density at radius 3 is 2.45 bits per heavy atom. The summed E-state index contributed by atoms with van der Waals surface area (Å²) in [6.45, 7) is 0. The first kappa shape index (κ1) is 10.2. The first-order chi connectivity index (χ1) is 5.00. The molecule has 0 aliphatic heterocycles. The van der Waals surface area contributed by atoms with Crippen molar-refractivity contribution < 1.29 is 14.7 Å². The molecule has 0 saturated carbocycles. The number of imide groups is 1. The molecule has 0 radical (unpaired) electrons. The van der Waals surface area contributed by atoms with E-state index in [0.717, 1.165) is 7.05 Å². The highest BCUT2D eigenvalue weighted by molar-refractivity contribution is 7.80. The van der Waals surface area contributed by atoms with Gasteiger partial charge in [0.2, 0.25) is 5.91 Å². The summed E-state index contributed by atoms with van der Waals surface area (Å²) in [5.74, 6) is -0.510. The average molecular weight is 178 g/mol. The second-order valence-corrected chi connectivity index (χ2v) is 2.33. The molecule has 2 amide bonds. The molecule has 0 rings (SSSR count). The van der Waals surface area contributed by atoms with Crippen molar-refractivity contribution in [3.05, 3.63) is 0 Å². The lowest BCUT2D eigenvalue weighted by molar-refractivity contribution is -0.128. The van der Waals surface area contributed by atoms with Crippen LogP contribution in [0.2, 0.25) is 0 Å². The predicted molar refractivity (Wildman–Crippen MR) is 42.6 cm³/mol. The van der Waals surface area contributed by atoms with Gasteiger partial charge in [0.05, 0.1) is 6.04 Å². The number of nitrogens with two attached hydrogens (primary N) is 1. The monoisotopic (exact) mass is 178 g/mol. The number of amides is 2. The molecule has 6 heteroatoms. The van der Waals surface area contributed by atoms with Crippen LogP contribution in [0.3, 0.4) is 0 Å². The lowest BCUT2D eigenvalue weighted by Crippen LogP contribution is -2.45. The molecule has 0 fully saturated rings. The van der Waals surface area contributed by atoms with E-state index < -0.39 is 18.0 Å². The molecular formula is C5H10N2O3S. The van der Waals surface area contributed by atoms with Crippen LogP contribution in [0.4, 0.5) is 4.79 Å². The lowest BCUT2D eigenvalue weighted by atomic mass is 10.3. The van der Waals surface area contributed by atoms with E-state index in [1.807, 2.05) is 0 Å². The van der Waals surface area contributed by atoms with Gasteiger partial charge in [0.25, 0.3) is 0 Å². The zero-order valence-electron chi connectivity index (χ0n) is 6.02. The smallest absolute Gasteiger partial charge is 0.413 e. The largest absolute Gasteiger partial charge is 0.465 e. The maximum Gasteiger partial charge on any atom is 0.413 e. The van der Waals surface area contributed by atoms with E-state index in [1.165, 1.54) is 0 Å². The molecule has 5 nitrogen and oxygen atoms in total. The number of nitrogens with zero attached hydrogens (tertiary/aromatic N) is 1. The van der Waals surface area contributed by atoms with Gasteiger partial charge in [-0.1, -0.05) is 0 Å². The van der Waals surface area contributed by atoms with Crippen molar-refractivity contribution in [2.24, 2.45) is 5.73 Å². The van der Waals surface area contributed by atoms with E-state index >= 15 is 0 Å². The molecule has 0 bridgehead atoms. The van der Waals surface area contributed by atoms with Crippen molar-refractivity contribution in [2.75, 3.05) is 12.8 Å². The van der Waals surface area contributed by atoms with Crippen molar-refractivity contribution in [3.63, 3.8) is 0 Å². The fourth-order valence-electron chi connectivity index (χ4n) is 0.421. The van der Waals surface area contributed by atoms with Gasteiger partial charge in [0.1, 0.15) is 0 Å². The quantitative estimate of drug-likeness (QED) is 0.492. The van der Waals surface area contributed by atoms with Gasteiger partial charge >= 0.3 is 6.09 Å². The van der Waals surface area contributed by atoms with Gasteiger partial charge in [-0.2, -0.15) is 12.6 Å². The van der Waals surface area contributed by atoms with E-state index in [-0.39, 0.29) is 5.75 Å². The van der Waals surface area contributed by atoms with E-state index in [1.54, 1.807) is 0 Å². The third-order valence-electron chi connectivity index (χ3n) is 1.13. The number of rotatable bonds is 2. The summed E-state index contributed by atoms with van der Waals surface area (Å²) in [5, 5.41) is 8.32. The molecule has 0 saturated heterocycles. The highest BCUT2D eigenvalue weighted by atomic mass is 32.1. The number of carboxylic acid groups (broad SMARTS) is 1. The number of carbonyl (C=O) groups is 2. The molecular weight excluding hydrogens is 168 g/mol. The van der Waals surface area contributed by atoms with Crippen LogP contribution in [0.5, 0.6) is 0 Å². The Hall–Kier alpha value is -0.750.